The van der Waals surface area contributed by atoms with Gasteiger partial charge in [0.2, 0.25) is 5.91 Å². The second kappa shape index (κ2) is 8.71. The van der Waals surface area contributed by atoms with Crippen LogP contribution in [0, 0.1) is 17.0 Å². The quantitative estimate of drug-likeness (QED) is 0.337. The van der Waals surface area contributed by atoms with E-state index >= 15 is 0 Å². The number of amides is 1. The maximum absolute atomic E-state index is 12.0. The minimum atomic E-state index is -0.439. The van der Waals surface area contributed by atoms with Crippen LogP contribution in [0.4, 0.5) is 10.8 Å². The molecule has 0 radical (unpaired) electrons. The first-order valence-electron chi connectivity index (χ1n) is 7.95. The number of aromatic nitrogens is 4. The third kappa shape index (κ3) is 5.20. The van der Waals surface area contributed by atoms with E-state index in [2.05, 4.69) is 25.5 Å². The highest BCUT2D eigenvalue weighted by Gasteiger charge is 2.11. The summed E-state index contributed by atoms with van der Waals surface area (Å²) in [7, 11) is 0. The molecule has 28 heavy (non-hydrogen) atoms. The van der Waals surface area contributed by atoms with E-state index in [0.29, 0.717) is 11.6 Å². The van der Waals surface area contributed by atoms with Crippen LogP contribution in [0.15, 0.2) is 40.4 Å². The van der Waals surface area contributed by atoms with Crippen LogP contribution in [0.25, 0.3) is 0 Å². The molecule has 3 aromatic rings. The average molecular weight is 418 g/mol. The Bertz CT molecular complexity index is 1080. The van der Waals surface area contributed by atoms with Gasteiger partial charge in [-0.2, -0.15) is 0 Å². The number of hydrogen-bond donors (Lipinski definition) is 2. The monoisotopic (exact) mass is 418 g/mol. The normalized spacial score (nSPS) is 10.6. The summed E-state index contributed by atoms with van der Waals surface area (Å²) in [6, 6.07) is 6.38. The first-order valence-corrected chi connectivity index (χ1v) is 9.75. The molecule has 2 heterocycles. The number of nitrogens with one attached hydrogen (secondary N) is 2. The van der Waals surface area contributed by atoms with E-state index in [0.717, 1.165) is 22.2 Å². The molecule has 144 valence electrons. The molecule has 0 bridgehead atoms. The number of nitro groups is 1. The molecule has 3 rings (SSSR count). The molecule has 10 nitrogen and oxygen atoms in total. The van der Waals surface area contributed by atoms with Crippen molar-refractivity contribution in [1.29, 1.82) is 0 Å². The largest absolute Gasteiger partial charge is 0.301 e. The fourth-order valence-electron chi connectivity index (χ4n) is 2.16. The van der Waals surface area contributed by atoms with Gasteiger partial charge in [0, 0.05) is 29.6 Å². The molecule has 0 unspecified atom stereocenters. The van der Waals surface area contributed by atoms with Gasteiger partial charge in [-0.3, -0.25) is 24.7 Å². The van der Waals surface area contributed by atoms with Crippen LogP contribution >= 0.6 is 23.1 Å². The standard InChI is InChI=1S/C16H14N6O4S2/c1-9-14(24)19-16(21-20-9)27-8-13(23)18-15-17-7-12(28-15)6-10-3-2-4-11(5-10)22(25)26/h2-5,7H,6,8H2,1H3,(H,17,18,23)(H,19,21,24). The summed E-state index contributed by atoms with van der Waals surface area (Å²) in [5, 5.41) is 21.7. The van der Waals surface area contributed by atoms with Crippen molar-refractivity contribution in [2.75, 3.05) is 11.1 Å². The number of aryl methyl sites for hydroxylation is 1. The molecule has 0 saturated heterocycles. The maximum atomic E-state index is 12.0. The summed E-state index contributed by atoms with van der Waals surface area (Å²) in [5.41, 5.74) is 0.731. The molecule has 0 aliphatic rings. The second-order valence-electron chi connectivity index (χ2n) is 5.62. The fraction of sp³-hybridized carbons (Fsp3) is 0.188. The number of anilines is 1. The lowest BCUT2D eigenvalue weighted by atomic mass is 10.1. The van der Waals surface area contributed by atoms with Crippen molar-refractivity contribution in [2.45, 2.75) is 18.5 Å². The summed E-state index contributed by atoms with van der Waals surface area (Å²) in [4.78, 5) is 41.5. The number of rotatable bonds is 7. The zero-order valence-corrected chi connectivity index (χ0v) is 16.2. The first kappa shape index (κ1) is 19.6. The van der Waals surface area contributed by atoms with Crippen molar-refractivity contribution >= 4 is 39.8 Å². The second-order valence-corrected chi connectivity index (χ2v) is 7.70. The summed E-state index contributed by atoms with van der Waals surface area (Å²) < 4.78 is 0. The van der Waals surface area contributed by atoms with E-state index in [1.165, 1.54) is 23.5 Å². The number of H-pyrrole nitrogens is 1. The highest BCUT2D eigenvalue weighted by Crippen LogP contribution is 2.23. The van der Waals surface area contributed by atoms with Gasteiger partial charge in [-0.05, 0) is 12.5 Å². The van der Waals surface area contributed by atoms with Gasteiger partial charge in [-0.25, -0.2) is 4.98 Å². The topological polar surface area (TPSA) is 144 Å². The van der Waals surface area contributed by atoms with Gasteiger partial charge in [0.25, 0.3) is 11.2 Å². The number of hydrogen-bond acceptors (Lipinski definition) is 9. The van der Waals surface area contributed by atoms with Gasteiger partial charge in [0.05, 0.1) is 10.7 Å². The Balaban J connectivity index is 1.55. The third-order valence-corrected chi connectivity index (χ3v) is 5.26. The minimum Gasteiger partial charge on any atom is -0.301 e. The van der Waals surface area contributed by atoms with Crippen LogP contribution < -0.4 is 10.9 Å². The molecule has 0 saturated carbocycles. The predicted octanol–water partition coefficient (Wildman–Crippen LogP) is 2.16. The number of benzene rings is 1. The molecule has 2 N–H and O–H groups in total. The van der Waals surface area contributed by atoms with Crippen molar-refractivity contribution in [3.63, 3.8) is 0 Å². The molecule has 1 aromatic carbocycles. The van der Waals surface area contributed by atoms with Gasteiger partial charge in [-0.1, -0.05) is 23.9 Å². The lowest BCUT2D eigenvalue weighted by Gasteiger charge is -2.01. The first-order chi connectivity index (χ1) is 13.4. The number of nitro benzene ring substituents is 1. The van der Waals surface area contributed by atoms with Gasteiger partial charge in [0.1, 0.15) is 5.69 Å². The van der Waals surface area contributed by atoms with Crippen molar-refractivity contribution in [3.8, 4) is 0 Å². The van der Waals surface area contributed by atoms with Crippen molar-refractivity contribution in [1.82, 2.24) is 20.2 Å². The molecule has 2 aromatic heterocycles. The molecule has 0 atom stereocenters. The molecule has 0 spiro atoms. The predicted molar refractivity (Wildman–Crippen MR) is 105 cm³/mol. The SMILES string of the molecule is Cc1nnc(SCC(=O)Nc2ncc(Cc3cccc([N+](=O)[O-])c3)s2)[nH]c1=O. The molecule has 1 amide bonds. The highest BCUT2D eigenvalue weighted by molar-refractivity contribution is 7.99. The lowest BCUT2D eigenvalue weighted by molar-refractivity contribution is -0.384. The average Bonchev–Trinajstić information content (AvgIpc) is 3.09. The Morgan fingerprint density at radius 3 is 2.96 bits per heavy atom. The maximum Gasteiger partial charge on any atom is 0.273 e. The Hall–Kier alpha value is -3.12. The summed E-state index contributed by atoms with van der Waals surface area (Å²) in [5.74, 6) is -0.266. The van der Waals surface area contributed by atoms with Crippen molar-refractivity contribution in [2.24, 2.45) is 0 Å². The molecular formula is C16H14N6O4S2. The van der Waals surface area contributed by atoms with Gasteiger partial charge < -0.3 is 5.32 Å². The number of nitrogens with zero attached hydrogens (tertiary/aromatic N) is 4. The van der Waals surface area contributed by atoms with Crippen LogP contribution in [0.3, 0.4) is 0 Å². The van der Waals surface area contributed by atoms with Crippen LogP contribution in [0.1, 0.15) is 16.1 Å². The molecule has 12 heteroatoms. The smallest absolute Gasteiger partial charge is 0.273 e. The van der Waals surface area contributed by atoms with E-state index in [1.807, 2.05) is 0 Å². The van der Waals surface area contributed by atoms with E-state index in [9.17, 15) is 19.7 Å². The lowest BCUT2D eigenvalue weighted by Crippen LogP contribution is -2.17. The number of non-ortho nitro benzene ring substituents is 1. The number of aromatic amines is 1. The van der Waals surface area contributed by atoms with Crippen LogP contribution in [-0.2, 0) is 11.2 Å². The van der Waals surface area contributed by atoms with Gasteiger partial charge in [0.15, 0.2) is 10.3 Å². The fourth-order valence-corrected chi connectivity index (χ4v) is 3.63. The van der Waals surface area contributed by atoms with Crippen molar-refractivity contribution in [3.05, 3.63) is 67.1 Å². The molecule has 0 aliphatic carbocycles. The Morgan fingerprint density at radius 2 is 2.21 bits per heavy atom. The Kier molecular flexibility index (Phi) is 6.11. The molecule has 0 fully saturated rings. The van der Waals surface area contributed by atoms with E-state index in [4.69, 9.17) is 0 Å². The van der Waals surface area contributed by atoms with Crippen LogP contribution in [0.5, 0.6) is 0 Å². The third-order valence-electron chi connectivity index (χ3n) is 3.48. The van der Waals surface area contributed by atoms with Crippen LogP contribution in [-0.4, -0.2) is 36.7 Å². The van der Waals surface area contributed by atoms with E-state index in [1.54, 1.807) is 25.3 Å². The Morgan fingerprint density at radius 1 is 1.39 bits per heavy atom. The summed E-state index contributed by atoms with van der Waals surface area (Å²) >= 11 is 2.34. The van der Waals surface area contributed by atoms with E-state index in [-0.39, 0.29) is 33.8 Å². The van der Waals surface area contributed by atoms with Crippen molar-refractivity contribution < 1.29 is 9.72 Å². The number of carbonyl (C=O) groups excluding carboxylic acids is 1. The molecular weight excluding hydrogens is 404 g/mol. The zero-order chi connectivity index (χ0) is 20.1. The minimum absolute atomic E-state index is 0.0322. The summed E-state index contributed by atoms with van der Waals surface area (Å²) in [6.07, 6.45) is 2.10. The number of thiazole rings is 1. The van der Waals surface area contributed by atoms with E-state index < -0.39 is 4.92 Å². The number of thioether (sulfide) groups is 1. The Labute approximate surface area is 166 Å². The number of carbonyl (C=O) groups is 1. The van der Waals surface area contributed by atoms with Gasteiger partial charge in [-0.15, -0.1) is 21.5 Å². The highest BCUT2D eigenvalue weighted by atomic mass is 32.2. The van der Waals surface area contributed by atoms with Crippen LogP contribution in [0.2, 0.25) is 0 Å². The summed E-state index contributed by atoms with van der Waals surface area (Å²) in [6.45, 7) is 1.54. The zero-order valence-electron chi connectivity index (χ0n) is 14.5. The van der Waals surface area contributed by atoms with Gasteiger partial charge >= 0.3 is 0 Å². The molecule has 0 aliphatic heterocycles.